The fraction of sp³-hybridized carbons (Fsp3) is 0.643. The molecule has 0 bridgehead atoms. The Morgan fingerprint density at radius 2 is 2.05 bits per heavy atom. The van der Waals surface area contributed by atoms with Gasteiger partial charge in [-0.05, 0) is 39.1 Å². The van der Waals surface area contributed by atoms with Gasteiger partial charge in [0, 0.05) is 19.1 Å². The highest BCUT2D eigenvalue weighted by molar-refractivity contribution is 5.92. The van der Waals surface area contributed by atoms with E-state index in [0.29, 0.717) is 17.6 Å². The number of rotatable bonds is 6. The lowest BCUT2D eigenvalue weighted by atomic mass is 10.2. The number of amides is 1. The molecule has 1 saturated carbocycles. The monoisotopic (exact) mass is 277 g/mol. The quantitative estimate of drug-likeness (QED) is 0.815. The summed E-state index contributed by atoms with van der Waals surface area (Å²) in [6.45, 7) is 1.72. The Morgan fingerprint density at radius 3 is 2.65 bits per heavy atom. The van der Waals surface area contributed by atoms with E-state index in [0.717, 1.165) is 25.9 Å². The van der Waals surface area contributed by atoms with E-state index >= 15 is 0 Å². The summed E-state index contributed by atoms with van der Waals surface area (Å²) in [6.07, 6.45) is 4.55. The molecule has 0 saturated heterocycles. The Kier molecular flexibility index (Phi) is 5.29. The van der Waals surface area contributed by atoms with Crippen LogP contribution in [-0.2, 0) is 0 Å². The van der Waals surface area contributed by atoms with Crippen LogP contribution in [0.4, 0.5) is 5.82 Å². The van der Waals surface area contributed by atoms with Crippen LogP contribution in [0, 0.1) is 0 Å². The van der Waals surface area contributed by atoms with E-state index in [-0.39, 0.29) is 5.91 Å². The Bertz CT molecular complexity index is 426. The third-order valence-corrected chi connectivity index (χ3v) is 3.45. The van der Waals surface area contributed by atoms with Crippen LogP contribution in [0.5, 0.6) is 0 Å². The molecular formula is C14H23N5O. The van der Waals surface area contributed by atoms with Crippen LogP contribution >= 0.6 is 0 Å². The molecule has 6 nitrogen and oxygen atoms in total. The zero-order valence-corrected chi connectivity index (χ0v) is 12.2. The second-order valence-corrected chi connectivity index (χ2v) is 5.49. The second kappa shape index (κ2) is 7.19. The first-order chi connectivity index (χ1) is 9.65. The standard InChI is InChI=1S/C14H23N5O/c1-19(2)10-9-15-13-8-7-12(17-18-13)14(20)16-11-5-3-4-6-11/h7-8,11H,3-6,9-10H2,1-2H3,(H,15,18)(H,16,20). The molecule has 1 amide bonds. The summed E-state index contributed by atoms with van der Waals surface area (Å²) in [5.41, 5.74) is 0.384. The predicted octanol–water partition coefficient (Wildman–Crippen LogP) is 1.12. The highest BCUT2D eigenvalue weighted by atomic mass is 16.2. The number of carbonyl (C=O) groups excluding carboxylic acids is 1. The number of carbonyl (C=O) groups is 1. The van der Waals surface area contributed by atoms with Gasteiger partial charge in [0.15, 0.2) is 5.69 Å². The van der Waals surface area contributed by atoms with E-state index in [1.165, 1.54) is 12.8 Å². The number of hydrogen-bond acceptors (Lipinski definition) is 5. The molecule has 0 aliphatic heterocycles. The Hall–Kier alpha value is -1.69. The summed E-state index contributed by atoms with van der Waals surface area (Å²) in [7, 11) is 4.04. The fourth-order valence-electron chi connectivity index (χ4n) is 2.28. The molecule has 1 aromatic heterocycles. The number of nitrogens with one attached hydrogen (secondary N) is 2. The molecule has 2 N–H and O–H groups in total. The molecule has 2 rings (SSSR count). The average molecular weight is 277 g/mol. The lowest BCUT2D eigenvalue weighted by Gasteiger charge is -2.12. The van der Waals surface area contributed by atoms with Crippen molar-refractivity contribution in [2.75, 3.05) is 32.5 Å². The molecule has 1 fully saturated rings. The highest BCUT2D eigenvalue weighted by Crippen LogP contribution is 2.17. The van der Waals surface area contributed by atoms with Crippen LogP contribution in [0.15, 0.2) is 12.1 Å². The Morgan fingerprint density at radius 1 is 1.30 bits per heavy atom. The minimum atomic E-state index is -0.121. The van der Waals surface area contributed by atoms with Gasteiger partial charge in [-0.25, -0.2) is 0 Å². The topological polar surface area (TPSA) is 70.2 Å². The van der Waals surface area contributed by atoms with Gasteiger partial charge in [0.25, 0.3) is 5.91 Å². The summed E-state index contributed by atoms with van der Waals surface area (Å²) in [6, 6.07) is 3.82. The molecule has 0 radical (unpaired) electrons. The van der Waals surface area contributed by atoms with E-state index in [1.54, 1.807) is 12.1 Å². The van der Waals surface area contributed by atoms with Gasteiger partial charge in [-0.2, -0.15) is 0 Å². The number of hydrogen-bond donors (Lipinski definition) is 2. The van der Waals surface area contributed by atoms with E-state index in [4.69, 9.17) is 0 Å². The third-order valence-electron chi connectivity index (χ3n) is 3.45. The van der Waals surface area contributed by atoms with Crippen molar-refractivity contribution in [1.82, 2.24) is 20.4 Å². The summed E-state index contributed by atoms with van der Waals surface area (Å²) in [5.74, 6) is 0.577. The number of aromatic nitrogens is 2. The average Bonchev–Trinajstić information content (AvgIpc) is 2.92. The molecule has 20 heavy (non-hydrogen) atoms. The van der Waals surface area contributed by atoms with Crippen molar-refractivity contribution < 1.29 is 4.79 Å². The molecule has 6 heteroatoms. The van der Waals surface area contributed by atoms with Crippen molar-refractivity contribution >= 4 is 11.7 Å². The first kappa shape index (κ1) is 14.7. The van der Waals surface area contributed by atoms with Crippen molar-refractivity contribution in [3.8, 4) is 0 Å². The minimum Gasteiger partial charge on any atom is -0.367 e. The minimum absolute atomic E-state index is 0.121. The molecule has 1 heterocycles. The van der Waals surface area contributed by atoms with Crippen LogP contribution in [0.1, 0.15) is 36.2 Å². The largest absolute Gasteiger partial charge is 0.367 e. The normalized spacial score (nSPS) is 15.6. The molecule has 110 valence electrons. The number of anilines is 1. The fourth-order valence-corrected chi connectivity index (χ4v) is 2.28. The third kappa shape index (κ3) is 4.45. The number of nitrogens with zero attached hydrogens (tertiary/aromatic N) is 3. The molecule has 0 spiro atoms. The van der Waals surface area contributed by atoms with Crippen molar-refractivity contribution in [2.45, 2.75) is 31.7 Å². The van der Waals surface area contributed by atoms with Gasteiger partial charge in [0.1, 0.15) is 5.82 Å². The van der Waals surface area contributed by atoms with Gasteiger partial charge >= 0.3 is 0 Å². The van der Waals surface area contributed by atoms with Gasteiger partial charge in [-0.15, -0.1) is 10.2 Å². The van der Waals surface area contributed by atoms with E-state index in [2.05, 4.69) is 25.7 Å². The smallest absolute Gasteiger partial charge is 0.272 e. The van der Waals surface area contributed by atoms with E-state index in [1.807, 2.05) is 14.1 Å². The maximum absolute atomic E-state index is 12.0. The van der Waals surface area contributed by atoms with Crippen LogP contribution in [0.25, 0.3) is 0 Å². The summed E-state index contributed by atoms with van der Waals surface area (Å²) in [4.78, 5) is 14.1. The lowest BCUT2D eigenvalue weighted by molar-refractivity contribution is 0.0932. The molecule has 1 aliphatic carbocycles. The van der Waals surface area contributed by atoms with Crippen LogP contribution in [0.3, 0.4) is 0 Å². The number of likely N-dealkylation sites (N-methyl/N-ethyl adjacent to an activating group) is 1. The molecule has 1 aliphatic rings. The maximum atomic E-state index is 12.0. The van der Waals surface area contributed by atoms with Crippen molar-refractivity contribution in [1.29, 1.82) is 0 Å². The van der Waals surface area contributed by atoms with Crippen LogP contribution in [-0.4, -0.2) is 54.2 Å². The van der Waals surface area contributed by atoms with E-state index in [9.17, 15) is 4.79 Å². The first-order valence-corrected chi connectivity index (χ1v) is 7.18. The van der Waals surface area contributed by atoms with Gasteiger partial charge in [-0.1, -0.05) is 12.8 Å². The van der Waals surface area contributed by atoms with Gasteiger partial charge in [-0.3, -0.25) is 4.79 Å². The van der Waals surface area contributed by atoms with Crippen molar-refractivity contribution in [3.63, 3.8) is 0 Å². The molecule has 1 aromatic rings. The molecule has 0 aromatic carbocycles. The van der Waals surface area contributed by atoms with Crippen LogP contribution in [0.2, 0.25) is 0 Å². The molecule has 0 atom stereocenters. The second-order valence-electron chi connectivity index (χ2n) is 5.49. The summed E-state index contributed by atoms with van der Waals surface area (Å²) in [5, 5.41) is 14.2. The SMILES string of the molecule is CN(C)CCNc1ccc(C(=O)NC2CCCC2)nn1. The van der Waals surface area contributed by atoms with Crippen LogP contribution < -0.4 is 10.6 Å². The van der Waals surface area contributed by atoms with Crippen molar-refractivity contribution in [3.05, 3.63) is 17.8 Å². The summed E-state index contributed by atoms with van der Waals surface area (Å²) < 4.78 is 0. The maximum Gasteiger partial charge on any atom is 0.272 e. The highest BCUT2D eigenvalue weighted by Gasteiger charge is 2.18. The van der Waals surface area contributed by atoms with Gasteiger partial charge in [0.2, 0.25) is 0 Å². The Balaban J connectivity index is 1.82. The summed E-state index contributed by atoms with van der Waals surface area (Å²) >= 11 is 0. The van der Waals surface area contributed by atoms with E-state index < -0.39 is 0 Å². The predicted molar refractivity (Wildman–Crippen MR) is 78.8 cm³/mol. The van der Waals surface area contributed by atoms with Gasteiger partial charge < -0.3 is 15.5 Å². The lowest BCUT2D eigenvalue weighted by Crippen LogP contribution is -2.33. The zero-order chi connectivity index (χ0) is 14.4. The van der Waals surface area contributed by atoms with Crippen molar-refractivity contribution in [2.24, 2.45) is 0 Å². The first-order valence-electron chi connectivity index (χ1n) is 7.18. The van der Waals surface area contributed by atoms with Gasteiger partial charge in [0.05, 0.1) is 0 Å². The Labute approximate surface area is 120 Å². The molecular weight excluding hydrogens is 254 g/mol. The zero-order valence-electron chi connectivity index (χ0n) is 12.2. The molecule has 0 unspecified atom stereocenters.